The van der Waals surface area contributed by atoms with Gasteiger partial charge in [0.15, 0.2) is 6.36 Å². The first-order valence-corrected chi connectivity index (χ1v) is 6.58. The van der Waals surface area contributed by atoms with E-state index in [-0.39, 0.29) is 25.5 Å². The molecular weight excluding hydrogens is 269 g/mol. The van der Waals surface area contributed by atoms with E-state index in [1.807, 2.05) is 0 Å². The van der Waals surface area contributed by atoms with E-state index in [0.29, 0.717) is 0 Å². The van der Waals surface area contributed by atoms with E-state index in [1.54, 1.807) is 20.8 Å². The number of carbonyl (C=O) groups excluding carboxylic acids is 1. The zero-order valence-electron chi connectivity index (χ0n) is 12.3. The maximum Gasteiger partial charge on any atom is 0.411 e. The molecule has 1 heterocycles. The van der Waals surface area contributed by atoms with E-state index in [4.69, 9.17) is 14.6 Å². The summed E-state index contributed by atoms with van der Waals surface area (Å²) in [5.41, 5.74) is -0.692. The maximum absolute atomic E-state index is 12.6. The fraction of sp³-hybridized carbons (Fsp3) is 0.846. The third kappa shape index (κ3) is 4.96. The SMILES string of the molecule is CC(F)OC[C@H]1C[C@@H](C(=O)O)N(C(=O)OC(C)(C)C)C1. The van der Waals surface area contributed by atoms with Crippen molar-refractivity contribution in [2.24, 2.45) is 5.92 Å². The molecule has 0 spiro atoms. The minimum Gasteiger partial charge on any atom is -0.480 e. The van der Waals surface area contributed by atoms with Crippen molar-refractivity contribution < 1.29 is 28.6 Å². The molecule has 0 radical (unpaired) electrons. The normalized spacial score (nSPS) is 24.6. The van der Waals surface area contributed by atoms with Gasteiger partial charge in [-0.1, -0.05) is 0 Å². The van der Waals surface area contributed by atoms with Crippen molar-refractivity contribution >= 4 is 12.1 Å². The van der Waals surface area contributed by atoms with Gasteiger partial charge < -0.3 is 14.6 Å². The van der Waals surface area contributed by atoms with Crippen molar-refractivity contribution in [3.05, 3.63) is 0 Å². The second-order valence-corrected chi connectivity index (χ2v) is 5.96. The first-order chi connectivity index (χ1) is 9.10. The Morgan fingerprint density at radius 2 is 2.05 bits per heavy atom. The predicted molar refractivity (Wildman–Crippen MR) is 69.0 cm³/mol. The van der Waals surface area contributed by atoms with Crippen LogP contribution in [-0.2, 0) is 14.3 Å². The highest BCUT2D eigenvalue weighted by molar-refractivity contribution is 5.81. The van der Waals surface area contributed by atoms with Crippen LogP contribution >= 0.6 is 0 Å². The second kappa shape index (κ2) is 6.39. The molecular formula is C13H22FNO5. The molecule has 1 aliphatic rings. The van der Waals surface area contributed by atoms with Crippen molar-refractivity contribution in [3.63, 3.8) is 0 Å². The van der Waals surface area contributed by atoms with Crippen LogP contribution < -0.4 is 0 Å². The lowest BCUT2D eigenvalue weighted by Crippen LogP contribution is -2.43. The van der Waals surface area contributed by atoms with E-state index in [0.717, 1.165) is 0 Å². The van der Waals surface area contributed by atoms with E-state index >= 15 is 0 Å². The lowest BCUT2D eigenvalue weighted by Gasteiger charge is -2.26. The van der Waals surface area contributed by atoms with Gasteiger partial charge in [-0.25, -0.2) is 14.0 Å². The molecule has 1 rings (SSSR count). The number of halogens is 1. The Morgan fingerprint density at radius 3 is 2.50 bits per heavy atom. The monoisotopic (exact) mass is 291 g/mol. The molecule has 1 saturated heterocycles. The smallest absolute Gasteiger partial charge is 0.411 e. The summed E-state index contributed by atoms with van der Waals surface area (Å²) in [5.74, 6) is -1.30. The van der Waals surface area contributed by atoms with Crippen LogP contribution in [0.4, 0.5) is 9.18 Å². The van der Waals surface area contributed by atoms with E-state index in [1.165, 1.54) is 11.8 Å². The highest BCUT2D eigenvalue weighted by Crippen LogP contribution is 2.26. The standard InChI is InChI=1S/C13H22FNO5/c1-8(14)19-7-9-5-10(11(16)17)15(6-9)12(18)20-13(2,3)4/h8-10H,5-7H2,1-4H3,(H,16,17)/t8?,9-,10-/m0/s1. The summed E-state index contributed by atoms with van der Waals surface area (Å²) in [6.07, 6.45) is -1.84. The Morgan fingerprint density at radius 1 is 1.45 bits per heavy atom. The molecule has 0 aromatic heterocycles. The number of hydrogen-bond acceptors (Lipinski definition) is 4. The minimum atomic E-state index is -1.41. The molecule has 116 valence electrons. The molecule has 20 heavy (non-hydrogen) atoms. The van der Waals surface area contributed by atoms with Crippen LogP contribution in [0, 0.1) is 5.92 Å². The van der Waals surface area contributed by atoms with Gasteiger partial charge in [-0.15, -0.1) is 0 Å². The number of alkyl halides is 1. The van der Waals surface area contributed by atoms with Crippen LogP contribution in [0.1, 0.15) is 34.1 Å². The molecule has 3 atom stereocenters. The molecule has 7 heteroatoms. The number of ether oxygens (including phenoxy) is 2. The average Bonchev–Trinajstić information content (AvgIpc) is 2.68. The van der Waals surface area contributed by atoms with Crippen molar-refractivity contribution in [3.8, 4) is 0 Å². The third-order valence-corrected chi connectivity index (χ3v) is 2.86. The molecule has 0 saturated carbocycles. The van der Waals surface area contributed by atoms with E-state index in [9.17, 15) is 14.0 Å². The summed E-state index contributed by atoms with van der Waals surface area (Å²) < 4.78 is 22.7. The van der Waals surface area contributed by atoms with Gasteiger partial charge in [0, 0.05) is 12.5 Å². The van der Waals surface area contributed by atoms with Gasteiger partial charge >= 0.3 is 12.1 Å². The zero-order chi connectivity index (χ0) is 15.5. The Hall–Kier alpha value is -1.37. The first kappa shape index (κ1) is 16.7. The molecule has 1 unspecified atom stereocenters. The van der Waals surface area contributed by atoms with Gasteiger partial charge in [-0.2, -0.15) is 0 Å². The number of carboxylic acids is 1. The Kier molecular flexibility index (Phi) is 5.33. The zero-order valence-corrected chi connectivity index (χ0v) is 12.3. The lowest BCUT2D eigenvalue weighted by atomic mass is 10.1. The Bertz CT molecular complexity index is 366. The predicted octanol–water partition coefficient (Wildman–Crippen LogP) is 2.03. The van der Waals surface area contributed by atoms with E-state index in [2.05, 4.69) is 0 Å². The molecule has 1 amide bonds. The molecule has 0 aliphatic carbocycles. The largest absolute Gasteiger partial charge is 0.480 e. The summed E-state index contributed by atoms with van der Waals surface area (Å²) >= 11 is 0. The van der Waals surface area contributed by atoms with Crippen LogP contribution in [0.15, 0.2) is 0 Å². The fourth-order valence-electron chi connectivity index (χ4n) is 2.07. The number of hydrogen-bond donors (Lipinski definition) is 1. The van der Waals surface area contributed by atoms with Gasteiger partial charge in [0.05, 0.1) is 6.61 Å². The third-order valence-electron chi connectivity index (χ3n) is 2.86. The highest BCUT2D eigenvalue weighted by Gasteiger charge is 2.41. The van der Waals surface area contributed by atoms with Gasteiger partial charge in [0.1, 0.15) is 11.6 Å². The van der Waals surface area contributed by atoms with Crippen molar-refractivity contribution in [1.29, 1.82) is 0 Å². The number of nitrogens with zero attached hydrogens (tertiary/aromatic N) is 1. The number of rotatable bonds is 4. The average molecular weight is 291 g/mol. The fourth-order valence-corrected chi connectivity index (χ4v) is 2.07. The summed E-state index contributed by atoms with van der Waals surface area (Å²) in [6.45, 7) is 6.67. The molecule has 1 fully saturated rings. The first-order valence-electron chi connectivity index (χ1n) is 6.58. The molecule has 0 bridgehead atoms. The topological polar surface area (TPSA) is 76.1 Å². The van der Waals surface area contributed by atoms with Crippen molar-refractivity contribution in [1.82, 2.24) is 4.90 Å². The van der Waals surface area contributed by atoms with Crippen LogP contribution in [-0.4, -0.2) is 53.2 Å². The van der Waals surface area contributed by atoms with Gasteiger partial charge in [-0.3, -0.25) is 4.90 Å². The van der Waals surface area contributed by atoms with Gasteiger partial charge in [0.2, 0.25) is 0 Å². The van der Waals surface area contributed by atoms with Crippen molar-refractivity contribution in [2.75, 3.05) is 13.2 Å². The van der Waals surface area contributed by atoms with Crippen LogP contribution in [0.3, 0.4) is 0 Å². The minimum absolute atomic E-state index is 0.0841. The summed E-state index contributed by atoms with van der Waals surface area (Å²) in [6, 6.07) is -0.951. The summed E-state index contributed by atoms with van der Waals surface area (Å²) in [5, 5.41) is 9.16. The summed E-state index contributed by atoms with van der Waals surface area (Å²) in [4.78, 5) is 24.4. The van der Waals surface area contributed by atoms with E-state index < -0.39 is 30.1 Å². The number of carboxylic acid groups (broad SMARTS) is 1. The van der Waals surface area contributed by atoms with Crippen LogP contribution in [0.5, 0.6) is 0 Å². The van der Waals surface area contributed by atoms with Crippen LogP contribution in [0.25, 0.3) is 0 Å². The number of likely N-dealkylation sites (tertiary alicyclic amines) is 1. The highest BCUT2D eigenvalue weighted by atomic mass is 19.1. The number of amides is 1. The van der Waals surface area contributed by atoms with Crippen molar-refractivity contribution in [2.45, 2.75) is 52.1 Å². The van der Waals surface area contributed by atoms with Crippen LogP contribution in [0.2, 0.25) is 0 Å². The second-order valence-electron chi connectivity index (χ2n) is 5.96. The maximum atomic E-state index is 12.6. The summed E-state index contributed by atoms with van der Waals surface area (Å²) in [7, 11) is 0. The quantitative estimate of drug-likeness (QED) is 0.857. The van der Waals surface area contributed by atoms with Gasteiger partial charge in [0.25, 0.3) is 0 Å². The Labute approximate surface area is 117 Å². The molecule has 1 aliphatic heterocycles. The number of aliphatic carboxylic acids is 1. The number of carbonyl (C=O) groups is 2. The lowest BCUT2D eigenvalue weighted by molar-refractivity contribution is -0.142. The molecule has 6 nitrogen and oxygen atoms in total. The molecule has 1 N–H and O–H groups in total. The molecule has 0 aromatic rings. The van der Waals surface area contributed by atoms with Gasteiger partial charge in [-0.05, 0) is 34.1 Å². The Balaban J connectivity index is 2.67. The molecule has 0 aromatic carbocycles.